The first-order chi connectivity index (χ1) is 10.2. The van der Waals surface area contributed by atoms with Gasteiger partial charge in [-0.25, -0.2) is 0 Å². The van der Waals surface area contributed by atoms with Crippen LogP contribution in [0.4, 0.5) is 0 Å². The molecule has 0 saturated carbocycles. The zero-order valence-corrected chi connectivity index (χ0v) is 13.8. The zero-order valence-electron chi connectivity index (χ0n) is 10.6. The fourth-order valence-electron chi connectivity index (χ4n) is 1.74. The lowest BCUT2D eigenvalue weighted by Gasteiger charge is -1.98. The van der Waals surface area contributed by atoms with Gasteiger partial charge in [0.2, 0.25) is 5.82 Å². The van der Waals surface area contributed by atoms with Crippen LogP contribution in [0, 0.1) is 0 Å². The number of rotatable bonds is 3. The van der Waals surface area contributed by atoms with E-state index in [4.69, 9.17) is 10.3 Å². The van der Waals surface area contributed by atoms with Gasteiger partial charge in [0.05, 0.1) is 5.69 Å². The lowest BCUT2D eigenvalue weighted by Crippen LogP contribution is -1.99. The molecule has 3 heterocycles. The number of aromatic nitrogens is 4. The highest BCUT2D eigenvalue weighted by molar-refractivity contribution is 9.11. The van der Waals surface area contributed by atoms with Crippen LogP contribution >= 0.6 is 31.9 Å². The Kier molecular flexibility index (Phi) is 4.09. The van der Waals surface area contributed by atoms with Gasteiger partial charge >= 0.3 is 0 Å². The highest BCUT2D eigenvalue weighted by Gasteiger charge is 2.15. The summed E-state index contributed by atoms with van der Waals surface area (Å²) in [4.78, 5) is 12.8. The molecule has 21 heavy (non-hydrogen) atoms. The Balaban J connectivity index is 1.99. The molecular formula is C13H9Br2N5O. The van der Waals surface area contributed by atoms with E-state index in [-0.39, 0.29) is 0 Å². The Labute approximate surface area is 137 Å². The highest BCUT2D eigenvalue weighted by atomic mass is 79.9. The molecule has 0 aromatic carbocycles. The van der Waals surface area contributed by atoms with E-state index in [1.165, 1.54) is 0 Å². The van der Waals surface area contributed by atoms with Crippen molar-refractivity contribution in [1.29, 1.82) is 0 Å². The summed E-state index contributed by atoms with van der Waals surface area (Å²) >= 11 is 6.78. The number of hydrogen-bond acceptors (Lipinski definition) is 6. The molecule has 2 N–H and O–H groups in total. The predicted molar refractivity (Wildman–Crippen MR) is 84.1 cm³/mol. The Morgan fingerprint density at radius 2 is 2.05 bits per heavy atom. The van der Waals surface area contributed by atoms with Crippen LogP contribution < -0.4 is 5.73 Å². The van der Waals surface area contributed by atoms with Gasteiger partial charge in [0.25, 0.3) is 5.89 Å². The Bertz CT molecular complexity index is 790. The summed E-state index contributed by atoms with van der Waals surface area (Å²) in [6.45, 7) is 0.356. The average Bonchev–Trinajstić information content (AvgIpc) is 2.97. The Morgan fingerprint density at radius 1 is 1.19 bits per heavy atom. The number of hydrogen-bond donors (Lipinski definition) is 1. The maximum Gasteiger partial charge on any atom is 0.258 e. The second-order valence-corrected chi connectivity index (χ2v) is 5.92. The quantitative estimate of drug-likeness (QED) is 0.712. The molecule has 0 aliphatic heterocycles. The molecule has 0 spiro atoms. The molecule has 3 aromatic heterocycles. The van der Waals surface area contributed by atoms with E-state index in [0.29, 0.717) is 24.0 Å². The van der Waals surface area contributed by atoms with E-state index in [1.807, 2.05) is 12.1 Å². The van der Waals surface area contributed by atoms with Crippen LogP contribution in [0.25, 0.3) is 23.0 Å². The monoisotopic (exact) mass is 409 g/mol. The lowest BCUT2D eigenvalue weighted by atomic mass is 10.2. The van der Waals surface area contributed by atoms with Crippen LogP contribution in [-0.4, -0.2) is 20.1 Å². The van der Waals surface area contributed by atoms with Gasteiger partial charge in [-0.15, -0.1) is 0 Å². The Hall–Kier alpha value is -1.64. The van der Waals surface area contributed by atoms with Crippen molar-refractivity contribution in [3.8, 4) is 23.0 Å². The molecule has 6 nitrogen and oxygen atoms in total. The molecular weight excluding hydrogens is 402 g/mol. The van der Waals surface area contributed by atoms with Gasteiger partial charge in [0.1, 0.15) is 5.69 Å². The summed E-state index contributed by atoms with van der Waals surface area (Å²) < 4.78 is 6.93. The van der Waals surface area contributed by atoms with Crippen molar-refractivity contribution in [3.05, 3.63) is 45.2 Å². The first-order valence-corrected chi connectivity index (χ1v) is 7.56. The summed E-state index contributed by atoms with van der Waals surface area (Å²) in [5.41, 5.74) is 7.72. The number of nitrogens with zero attached hydrogens (tertiary/aromatic N) is 4. The van der Waals surface area contributed by atoms with Crippen LogP contribution in [-0.2, 0) is 6.54 Å². The predicted octanol–water partition coefficient (Wildman–Crippen LogP) is 3.18. The van der Waals surface area contributed by atoms with Crippen molar-refractivity contribution in [1.82, 2.24) is 20.1 Å². The third-order valence-electron chi connectivity index (χ3n) is 2.72. The van der Waals surface area contributed by atoms with Crippen LogP contribution in [0.15, 0.2) is 44.1 Å². The van der Waals surface area contributed by atoms with Crippen LogP contribution in [0.1, 0.15) is 5.69 Å². The molecule has 106 valence electrons. The van der Waals surface area contributed by atoms with E-state index in [1.54, 1.807) is 18.5 Å². The van der Waals surface area contributed by atoms with Crippen molar-refractivity contribution in [2.24, 2.45) is 5.73 Å². The third-order valence-corrected chi connectivity index (χ3v) is 3.76. The number of halogens is 2. The van der Waals surface area contributed by atoms with Crippen LogP contribution in [0.3, 0.4) is 0 Å². The number of nitrogens with two attached hydrogens (primary N) is 1. The Morgan fingerprint density at radius 3 is 2.81 bits per heavy atom. The molecule has 0 aliphatic carbocycles. The third kappa shape index (κ3) is 3.02. The van der Waals surface area contributed by atoms with Crippen LogP contribution in [0.2, 0.25) is 0 Å². The van der Waals surface area contributed by atoms with Crippen molar-refractivity contribution in [3.63, 3.8) is 0 Å². The molecule has 0 fully saturated rings. The van der Waals surface area contributed by atoms with Gasteiger partial charge in [0.15, 0.2) is 0 Å². The highest BCUT2D eigenvalue weighted by Crippen LogP contribution is 2.28. The SMILES string of the molecule is NCc1cc(-c2nc(-c3ncc(Br)cc3Br)no2)ccn1. The summed E-state index contributed by atoms with van der Waals surface area (Å²) in [6, 6.07) is 5.49. The maximum atomic E-state index is 5.58. The standard InChI is InChI=1S/C13H9Br2N5O/c14-8-4-10(15)11(18-6-8)12-19-13(21-20-12)7-1-2-17-9(3-7)5-16/h1-4,6H,5,16H2. The van der Waals surface area contributed by atoms with E-state index >= 15 is 0 Å². The van der Waals surface area contributed by atoms with Crippen molar-refractivity contribution >= 4 is 31.9 Å². The smallest absolute Gasteiger partial charge is 0.258 e. The molecule has 0 atom stereocenters. The average molecular weight is 411 g/mol. The summed E-state index contributed by atoms with van der Waals surface area (Å²) in [5.74, 6) is 0.814. The second kappa shape index (κ2) is 6.00. The molecule has 8 heteroatoms. The fourth-order valence-corrected chi connectivity index (χ4v) is 2.90. The first kappa shape index (κ1) is 14.3. The van der Waals surface area contributed by atoms with E-state index < -0.39 is 0 Å². The summed E-state index contributed by atoms with van der Waals surface area (Å²) in [5, 5.41) is 3.96. The topological polar surface area (TPSA) is 90.7 Å². The van der Waals surface area contributed by atoms with Crippen molar-refractivity contribution < 1.29 is 4.52 Å². The molecule has 0 amide bonds. The minimum absolute atomic E-state index is 0.356. The molecule has 0 radical (unpaired) electrons. The molecule has 0 aliphatic rings. The zero-order chi connectivity index (χ0) is 14.8. The van der Waals surface area contributed by atoms with Gasteiger partial charge in [-0.2, -0.15) is 4.98 Å². The lowest BCUT2D eigenvalue weighted by molar-refractivity contribution is 0.432. The largest absolute Gasteiger partial charge is 0.334 e. The molecule has 0 unspecified atom stereocenters. The molecule has 3 rings (SSSR count). The molecule has 3 aromatic rings. The van der Waals surface area contributed by atoms with Crippen molar-refractivity contribution in [2.45, 2.75) is 6.54 Å². The van der Waals surface area contributed by atoms with Gasteiger partial charge in [-0.1, -0.05) is 5.16 Å². The van der Waals surface area contributed by atoms with Gasteiger partial charge in [-0.3, -0.25) is 9.97 Å². The minimum Gasteiger partial charge on any atom is -0.334 e. The van der Waals surface area contributed by atoms with E-state index in [0.717, 1.165) is 20.2 Å². The molecule has 0 bridgehead atoms. The van der Waals surface area contributed by atoms with E-state index in [9.17, 15) is 0 Å². The fraction of sp³-hybridized carbons (Fsp3) is 0.0769. The minimum atomic E-state index is 0.356. The van der Waals surface area contributed by atoms with Crippen LogP contribution in [0.5, 0.6) is 0 Å². The summed E-state index contributed by atoms with van der Waals surface area (Å²) in [7, 11) is 0. The van der Waals surface area contributed by atoms with Gasteiger partial charge < -0.3 is 10.3 Å². The van der Waals surface area contributed by atoms with Gasteiger partial charge in [0, 0.05) is 33.4 Å². The summed E-state index contributed by atoms with van der Waals surface area (Å²) in [6.07, 6.45) is 3.34. The van der Waals surface area contributed by atoms with Crippen molar-refractivity contribution in [2.75, 3.05) is 0 Å². The van der Waals surface area contributed by atoms with E-state index in [2.05, 4.69) is 52.0 Å². The normalized spacial score (nSPS) is 10.8. The first-order valence-electron chi connectivity index (χ1n) is 5.98. The molecule has 0 saturated heterocycles. The van der Waals surface area contributed by atoms with Gasteiger partial charge in [-0.05, 0) is 50.1 Å². The maximum absolute atomic E-state index is 5.58. The second-order valence-electron chi connectivity index (χ2n) is 4.15. The number of pyridine rings is 2.